The van der Waals surface area contributed by atoms with Gasteiger partial charge in [-0.2, -0.15) is 0 Å². The van der Waals surface area contributed by atoms with E-state index in [1.165, 1.54) is 12.1 Å². The van der Waals surface area contributed by atoms with Crippen LogP contribution in [0.3, 0.4) is 0 Å². The molecule has 0 saturated heterocycles. The van der Waals surface area contributed by atoms with Gasteiger partial charge in [0.15, 0.2) is 11.2 Å². The topological polar surface area (TPSA) is 238 Å². The van der Waals surface area contributed by atoms with Gasteiger partial charge >= 0.3 is 94.1 Å². The fourth-order valence-corrected chi connectivity index (χ4v) is 10.9. The number of hydrogen-bond acceptors (Lipinski definition) is 14. The van der Waals surface area contributed by atoms with Crippen LogP contribution in [0.15, 0.2) is 97.1 Å². The Morgan fingerprint density at radius 3 is 1.00 bits per heavy atom. The molecule has 0 spiro atoms. The van der Waals surface area contributed by atoms with Gasteiger partial charge in [-0.15, -0.1) is 0 Å². The maximum absolute atomic E-state index is 13.2. The van der Waals surface area contributed by atoms with E-state index in [4.69, 9.17) is 18.5 Å². The number of phenols is 2. The van der Waals surface area contributed by atoms with Crippen LogP contribution in [0.4, 0.5) is 0 Å². The maximum Gasteiger partial charge on any atom is 2.00 e. The molecular weight excluding hydrogens is 1030 g/mol. The Balaban J connectivity index is 0.000000312. The third kappa shape index (κ3) is 12.5. The summed E-state index contributed by atoms with van der Waals surface area (Å²) in [5, 5.41) is 21.3. The van der Waals surface area contributed by atoms with Gasteiger partial charge in [-0.25, -0.2) is 9.59 Å². The molecule has 380 valence electrons. The van der Waals surface area contributed by atoms with Crippen LogP contribution in [-0.2, 0) is 29.8 Å². The van der Waals surface area contributed by atoms with Gasteiger partial charge in [0.2, 0.25) is 0 Å². The van der Waals surface area contributed by atoms with Crippen molar-refractivity contribution in [3.05, 3.63) is 186 Å². The van der Waals surface area contributed by atoms with Crippen LogP contribution in [0.2, 0.25) is 0 Å². The van der Waals surface area contributed by atoms with Crippen molar-refractivity contribution >= 4 is 50.6 Å². The summed E-state index contributed by atoms with van der Waals surface area (Å²) in [5.74, 6) is -1.16. The second-order valence-corrected chi connectivity index (χ2v) is 21.9. The molecule has 0 bridgehead atoms. The summed E-state index contributed by atoms with van der Waals surface area (Å²) in [6.07, 6.45) is 0. The predicted molar refractivity (Wildman–Crippen MR) is 270 cm³/mol. The van der Waals surface area contributed by atoms with Crippen molar-refractivity contribution in [3.63, 3.8) is 0 Å². The van der Waals surface area contributed by atoms with Gasteiger partial charge in [0.1, 0.15) is 38.6 Å². The molecule has 0 saturated carbocycles. The number of hydrogen-bond donors (Lipinski definition) is 2. The number of phosphoric acid groups is 2. The third-order valence-electron chi connectivity index (χ3n) is 13.4. The number of fused-ring (bicyclic) bond motifs is 2. The summed E-state index contributed by atoms with van der Waals surface area (Å²) in [7, 11) is -10.6. The number of phosphoric ester groups is 2. The zero-order valence-electron chi connectivity index (χ0n) is 44.9. The number of phenolic OH excluding ortho intramolecular Hbond substituents is 2. The number of aromatic hydroxyl groups is 2. The van der Waals surface area contributed by atoms with Crippen LogP contribution < -0.4 is 87.7 Å². The van der Waals surface area contributed by atoms with Gasteiger partial charge < -0.3 is 57.4 Å². The number of carbonyl (C=O) groups is 2. The zero-order chi connectivity index (χ0) is 53.2. The van der Waals surface area contributed by atoms with Crippen LogP contribution in [-0.4, -0.2) is 45.2 Å². The van der Waals surface area contributed by atoms with Gasteiger partial charge in [0.05, 0.1) is 11.1 Å². The molecule has 75 heavy (non-hydrogen) atoms. The Hall–Kier alpha value is -3.47. The fraction of sp³-hybridized carbons (Fsp3) is 0.321. The second-order valence-electron chi connectivity index (χ2n) is 19.8. The number of benzene rings is 6. The summed E-state index contributed by atoms with van der Waals surface area (Å²) in [4.78, 5) is 72.2. The number of rotatable bonds is 12. The summed E-state index contributed by atoms with van der Waals surface area (Å²) in [6, 6.07) is 27.9. The molecule has 6 aromatic rings. The van der Waals surface area contributed by atoms with Crippen LogP contribution in [0, 0.1) is 27.7 Å². The van der Waals surface area contributed by atoms with Gasteiger partial charge in [-0.05, 0) is 157 Å². The molecule has 2 atom stereocenters. The number of carbonyl (C=O) groups excluding carboxylic acids is 2. The van der Waals surface area contributed by atoms with E-state index in [2.05, 4.69) is 0 Å². The van der Waals surface area contributed by atoms with E-state index in [0.717, 1.165) is 11.1 Å². The molecule has 2 N–H and O–H groups in total. The molecule has 2 heterocycles. The molecule has 0 radical (unpaired) electrons. The summed E-state index contributed by atoms with van der Waals surface area (Å²) in [5.41, 5.74) is 6.99. The molecule has 0 fully saturated rings. The first-order valence-electron chi connectivity index (χ1n) is 23.6. The van der Waals surface area contributed by atoms with Crippen LogP contribution in [0.25, 0.3) is 0 Å². The van der Waals surface area contributed by atoms with Crippen molar-refractivity contribution in [1.29, 1.82) is 0 Å². The number of esters is 2. The Bertz CT molecular complexity index is 3040. The minimum atomic E-state index is -5.30. The monoisotopic (exact) mass is 1090 g/mol. The smallest absolute Gasteiger partial charge is 0.780 e. The fourth-order valence-electron chi connectivity index (χ4n) is 10.1. The molecule has 0 aromatic heterocycles. The van der Waals surface area contributed by atoms with E-state index in [0.29, 0.717) is 77.9 Å². The van der Waals surface area contributed by atoms with Gasteiger partial charge in [-0.1, -0.05) is 91.8 Å². The van der Waals surface area contributed by atoms with E-state index in [9.17, 15) is 48.5 Å². The Labute approximate surface area is 499 Å². The van der Waals surface area contributed by atoms with E-state index in [-0.39, 0.29) is 129 Å². The van der Waals surface area contributed by atoms with Gasteiger partial charge in [-0.3, -0.25) is 0 Å². The van der Waals surface area contributed by atoms with Crippen molar-refractivity contribution in [1.82, 2.24) is 0 Å². The molecule has 0 amide bonds. The Kier molecular flexibility index (Phi) is 20.7. The molecule has 14 nitrogen and oxygen atoms in total. The van der Waals surface area contributed by atoms with Crippen molar-refractivity contribution in [3.8, 4) is 23.0 Å². The second kappa shape index (κ2) is 24.3. The van der Waals surface area contributed by atoms with Crippen molar-refractivity contribution in [2.24, 2.45) is 0 Å². The normalized spacial score (nSPS) is 16.7. The van der Waals surface area contributed by atoms with E-state index in [1.807, 2.05) is 106 Å². The molecule has 6 aromatic carbocycles. The minimum Gasteiger partial charge on any atom is -0.780 e. The van der Waals surface area contributed by atoms with Gasteiger partial charge in [0, 0.05) is 33.4 Å². The van der Waals surface area contributed by atoms with Crippen LogP contribution >= 0.6 is 15.6 Å². The standard InChI is InChI=1S/2C28H31O7P.Mg.2Na/c2*1-15(2)20-13-23(17(5)11-25(20)29)28(22-10-8-7-9-19(22)27(30)34-28)24-14-21(16(3)4)26(12-18(24)6)35-36(31,32)33;;;/h2*7-16,29H,1-6H3,(H2,31,32,33);;;/q;;+2;2*+1/p-4. The van der Waals surface area contributed by atoms with Crippen LogP contribution in [0.1, 0.15) is 178 Å². The quantitative estimate of drug-likeness (QED) is 0.101. The van der Waals surface area contributed by atoms with E-state index >= 15 is 0 Å². The Morgan fingerprint density at radius 2 is 0.720 bits per heavy atom. The third-order valence-corrected chi connectivity index (χ3v) is 14.3. The van der Waals surface area contributed by atoms with E-state index < -0.39 is 38.8 Å². The number of ether oxygens (including phenoxy) is 2. The first-order chi connectivity index (χ1) is 33.5. The first kappa shape index (κ1) is 64.1. The van der Waals surface area contributed by atoms with Crippen molar-refractivity contribution in [2.75, 3.05) is 0 Å². The predicted octanol–water partition coefficient (Wildman–Crippen LogP) is 3.48. The SMILES string of the molecule is Cc1cc(O)c(C(C)C)cc1C1(c2cc(C(C)C)c(OP(=O)([O-])[O-])cc2C)OC(=O)c2ccccc21.Cc1cc(O)c(C(C)C)cc1C1(c2cc(C(C)C)c(OP(=O)([O-])[O-])cc2C)OC(=O)c2ccccc21.[Mg+2].[Na+].[Na+]. The van der Waals surface area contributed by atoms with Gasteiger partial charge in [0.25, 0.3) is 0 Å². The Morgan fingerprint density at radius 1 is 0.453 bits per heavy atom. The molecule has 19 heteroatoms. The zero-order valence-corrected chi connectivity index (χ0v) is 52.1. The largest absolute Gasteiger partial charge is 2.00 e. The molecule has 2 unspecified atom stereocenters. The molecule has 0 aliphatic carbocycles. The number of cyclic esters (lactones) is 2. The molecule has 8 rings (SSSR count). The maximum atomic E-state index is 13.2. The molecule has 2 aliphatic heterocycles. The molecular formula is C56H58MgNa2O14P2. The average molecular weight is 1090 g/mol. The van der Waals surface area contributed by atoms with Crippen molar-refractivity contribution in [2.45, 2.75) is 118 Å². The minimum absolute atomic E-state index is 0. The molecule has 2 aliphatic rings. The first-order valence-corrected chi connectivity index (χ1v) is 26.5. The summed E-state index contributed by atoms with van der Waals surface area (Å²) >= 11 is 0. The summed E-state index contributed by atoms with van der Waals surface area (Å²) < 4.78 is 45.1. The van der Waals surface area contributed by atoms with Crippen molar-refractivity contribution < 1.29 is 126 Å². The number of aryl methyl sites for hydroxylation is 4. The average Bonchev–Trinajstić information content (AvgIpc) is 3.73. The van der Waals surface area contributed by atoms with E-state index in [1.54, 1.807) is 62.4 Å². The summed E-state index contributed by atoms with van der Waals surface area (Å²) in [6.45, 7) is 22.5. The van der Waals surface area contributed by atoms with Crippen LogP contribution in [0.5, 0.6) is 23.0 Å².